The molecule has 0 saturated carbocycles. The Bertz CT molecular complexity index is 668. The Morgan fingerprint density at radius 3 is 2.21 bits per heavy atom. The van der Waals surface area contributed by atoms with Crippen molar-refractivity contribution in [2.45, 2.75) is 38.1 Å². The summed E-state index contributed by atoms with van der Waals surface area (Å²) < 4.78 is 30.8. The monoisotopic (exact) mass is 356 g/mol. The van der Waals surface area contributed by atoms with Gasteiger partial charge in [-0.25, -0.2) is 17.9 Å². The van der Waals surface area contributed by atoms with Crippen LogP contribution in [0.15, 0.2) is 29.2 Å². The van der Waals surface area contributed by atoms with Crippen molar-refractivity contribution < 1.29 is 22.7 Å². The molecule has 1 aromatic rings. The van der Waals surface area contributed by atoms with Gasteiger partial charge in [0.2, 0.25) is 10.0 Å². The maximum absolute atomic E-state index is 12.3. The van der Waals surface area contributed by atoms with E-state index in [9.17, 15) is 18.0 Å². The molecule has 24 heavy (non-hydrogen) atoms. The number of benzene rings is 1. The van der Waals surface area contributed by atoms with E-state index in [-0.39, 0.29) is 22.9 Å². The lowest BCUT2D eigenvalue weighted by molar-refractivity contribution is -0.143. The Morgan fingerprint density at radius 2 is 1.75 bits per heavy atom. The Morgan fingerprint density at radius 1 is 1.17 bits per heavy atom. The minimum absolute atomic E-state index is 0.0765. The lowest BCUT2D eigenvalue weighted by atomic mass is 10.0. The van der Waals surface area contributed by atoms with Crippen molar-refractivity contribution in [3.63, 3.8) is 0 Å². The largest absolute Gasteiger partial charge is 0.467 e. The first-order chi connectivity index (χ1) is 11.2. The molecule has 0 aromatic heterocycles. The molecule has 1 rings (SSSR count). The van der Waals surface area contributed by atoms with Crippen molar-refractivity contribution in [2.75, 3.05) is 13.7 Å². The highest BCUT2D eigenvalue weighted by Gasteiger charge is 2.23. The smallest absolute Gasteiger partial charge is 0.328 e. The van der Waals surface area contributed by atoms with E-state index in [2.05, 4.69) is 10.0 Å². The van der Waals surface area contributed by atoms with Crippen molar-refractivity contribution in [2.24, 2.45) is 5.92 Å². The van der Waals surface area contributed by atoms with Gasteiger partial charge in [0, 0.05) is 12.1 Å². The molecule has 134 valence electrons. The summed E-state index contributed by atoms with van der Waals surface area (Å²) in [6.45, 7) is 5.83. The number of ether oxygens (including phenoxy) is 1. The molecule has 0 aliphatic rings. The lowest BCUT2D eigenvalue weighted by Gasteiger charge is -2.18. The first kappa shape index (κ1) is 20.1. The van der Waals surface area contributed by atoms with E-state index in [4.69, 9.17) is 4.74 Å². The summed E-state index contributed by atoms with van der Waals surface area (Å²) in [6, 6.07) is 4.77. The second kappa shape index (κ2) is 8.79. The third-order valence-electron chi connectivity index (χ3n) is 3.26. The van der Waals surface area contributed by atoms with Crippen LogP contribution >= 0.6 is 0 Å². The van der Waals surface area contributed by atoms with Crippen molar-refractivity contribution in [3.05, 3.63) is 29.8 Å². The Kier molecular flexibility index (Phi) is 7.37. The summed E-state index contributed by atoms with van der Waals surface area (Å²) in [6.07, 6.45) is 0.450. The summed E-state index contributed by atoms with van der Waals surface area (Å²) in [5.74, 6) is -0.774. The number of hydrogen-bond donors (Lipinski definition) is 2. The molecule has 1 aromatic carbocycles. The van der Waals surface area contributed by atoms with Gasteiger partial charge in [-0.05, 0) is 36.6 Å². The number of sulfonamides is 1. The molecule has 0 saturated heterocycles. The number of carbonyl (C=O) groups excluding carboxylic acids is 2. The fourth-order valence-corrected chi connectivity index (χ4v) is 3.17. The molecule has 2 N–H and O–H groups in total. The minimum atomic E-state index is -3.56. The molecule has 1 amide bonds. The standard InChI is InChI=1S/C16H24N2O5S/c1-5-17-24(21,22)13-8-6-12(7-9-13)15(19)18-14(10-11(2)3)16(20)23-4/h6-9,11,14,17H,5,10H2,1-4H3,(H,18,19). The summed E-state index contributed by atoms with van der Waals surface area (Å²) >= 11 is 0. The van der Waals surface area contributed by atoms with Gasteiger partial charge in [-0.2, -0.15) is 0 Å². The average molecular weight is 356 g/mol. The molecule has 0 aliphatic carbocycles. The quantitative estimate of drug-likeness (QED) is 0.684. The van der Waals surface area contributed by atoms with Gasteiger partial charge >= 0.3 is 5.97 Å². The zero-order valence-corrected chi connectivity index (χ0v) is 15.1. The van der Waals surface area contributed by atoms with E-state index in [0.29, 0.717) is 6.42 Å². The number of esters is 1. The summed E-state index contributed by atoms with van der Waals surface area (Å²) in [4.78, 5) is 24.1. The number of carbonyl (C=O) groups is 2. The summed E-state index contributed by atoms with van der Waals surface area (Å²) in [7, 11) is -2.30. The van der Waals surface area contributed by atoms with E-state index < -0.39 is 27.9 Å². The first-order valence-electron chi connectivity index (χ1n) is 7.69. The molecule has 8 heteroatoms. The van der Waals surface area contributed by atoms with E-state index >= 15 is 0 Å². The van der Waals surface area contributed by atoms with Gasteiger partial charge in [-0.15, -0.1) is 0 Å². The van der Waals surface area contributed by atoms with Crippen LogP contribution in [0, 0.1) is 5.92 Å². The van der Waals surface area contributed by atoms with Gasteiger partial charge in [-0.3, -0.25) is 4.79 Å². The molecular formula is C16H24N2O5S. The first-order valence-corrected chi connectivity index (χ1v) is 9.18. The van der Waals surface area contributed by atoms with E-state index in [1.165, 1.54) is 31.4 Å². The molecule has 0 aliphatic heterocycles. The predicted molar refractivity (Wildman–Crippen MR) is 90.0 cm³/mol. The number of amides is 1. The summed E-state index contributed by atoms with van der Waals surface area (Å²) in [5, 5.41) is 2.62. The third kappa shape index (κ3) is 5.61. The van der Waals surface area contributed by atoms with Crippen molar-refractivity contribution in [1.29, 1.82) is 0 Å². The van der Waals surface area contributed by atoms with Gasteiger partial charge in [0.1, 0.15) is 6.04 Å². The highest BCUT2D eigenvalue weighted by atomic mass is 32.2. The Balaban J connectivity index is 2.89. The van der Waals surface area contributed by atoms with Gasteiger partial charge in [0.15, 0.2) is 0 Å². The number of nitrogens with one attached hydrogen (secondary N) is 2. The highest BCUT2D eigenvalue weighted by molar-refractivity contribution is 7.89. The molecule has 1 unspecified atom stereocenters. The van der Waals surface area contributed by atoms with Gasteiger partial charge in [0.05, 0.1) is 12.0 Å². The fourth-order valence-electron chi connectivity index (χ4n) is 2.13. The zero-order chi connectivity index (χ0) is 18.3. The maximum Gasteiger partial charge on any atom is 0.328 e. The Labute approximate surface area is 142 Å². The number of hydrogen-bond acceptors (Lipinski definition) is 5. The molecule has 1 atom stereocenters. The second-order valence-corrected chi connectivity index (χ2v) is 7.47. The Hall–Kier alpha value is -1.93. The van der Waals surface area contributed by atoms with Crippen LogP contribution in [0.25, 0.3) is 0 Å². The van der Waals surface area contributed by atoms with Crippen LogP contribution < -0.4 is 10.0 Å². The number of rotatable bonds is 8. The topological polar surface area (TPSA) is 102 Å². The van der Waals surface area contributed by atoms with E-state index in [1.54, 1.807) is 6.92 Å². The van der Waals surface area contributed by atoms with Crippen molar-refractivity contribution >= 4 is 21.9 Å². The second-order valence-electron chi connectivity index (χ2n) is 5.70. The molecule has 0 heterocycles. The maximum atomic E-state index is 12.3. The molecule has 0 radical (unpaired) electrons. The van der Waals surface area contributed by atoms with E-state index in [1.807, 2.05) is 13.8 Å². The predicted octanol–water partition coefficient (Wildman–Crippen LogP) is 1.30. The number of methoxy groups -OCH3 is 1. The molecule has 0 bridgehead atoms. The molecule has 0 fully saturated rings. The highest BCUT2D eigenvalue weighted by Crippen LogP contribution is 2.12. The lowest BCUT2D eigenvalue weighted by Crippen LogP contribution is -2.42. The van der Waals surface area contributed by atoms with Crippen molar-refractivity contribution in [3.8, 4) is 0 Å². The van der Waals surface area contributed by atoms with Crippen molar-refractivity contribution in [1.82, 2.24) is 10.0 Å². The zero-order valence-electron chi connectivity index (χ0n) is 14.3. The molecule has 7 nitrogen and oxygen atoms in total. The van der Waals surface area contributed by atoms with Crippen LogP contribution in [-0.2, 0) is 19.6 Å². The van der Waals surface area contributed by atoms with Crippen LogP contribution in [-0.4, -0.2) is 40.0 Å². The van der Waals surface area contributed by atoms with Crippen LogP contribution in [0.2, 0.25) is 0 Å². The van der Waals surface area contributed by atoms with Gasteiger partial charge in [0.25, 0.3) is 5.91 Å². The molecule has 0 spiro atoms. The van der Waals surface area contributed by atoms with Crippen LogP contribution in [0.1, 0.15) is 37.6 Å². The van der Waals surface area contributed by atoms with Crippen LogP contribution in [0.4, 0.5) is 0 Å². The van der Waals surface area contributed by atoms with Crippen LogP contribution in [0.3, 0.4) is 0 Å². The average Bonchev–Trinajstić information content (AvgIpc) is 2.53. The van der Waals surface area contributed by atoms with E-state index in [0.717, 1.165) is 0 Å². The minimum Gasteiger partial charge on any atom is -0.467 e. The van der Waals surface area contributed by atoms with Crippen LogP contribution in [0.5, 0.6) is 0 Å². The third-order valence-corrected chi connectivity index (χ3v) is 4.82. The van der Waals surface area contributed by atoms with Gasteiger partial charge in [-0.1, -0.05) is 20.8 Å². The fraction of sp³-hybridized carbons (Fsp3) is 0.500. The van der Waals surface area contributed by atoms with Gasteiger partial charge < -0.3 is 10.1 Å². The summed E-state index contributed by atoms with van der Waals surface area (Å²) in [5.41, 5.74) is 0.267. The normalized spacial score (nSPS) is 12.7. The molecular weight excluding hydrogens is 332 g/mol. The SMILES string of the molecule is CCNS(=O)(=O)c1ccc(C(=O)NC(CC(C)C)C(=O)OC)cc1.